The third kappa shape index (κ3) is 3.28. The molecule has 1 fully saturated rings. The minimum absolute atomic E-state index is 0.0450. The van der Waals surface area contributed by atoms with Crippen LogP contribution >= 0.6 is 0 Å². The van der Waals surface area contributed by atoms with Crippen molar-refractivity contribution in [2.24, 2.45) is 0 Å². The number of hydrogen-bond donors (Lipinski definition) is 0. The van der Waals surface area contributed by atoms with E-state index in [9.17, 15) is 4.79 Å². The van der Waals surface area contributed by atoms with E-state index in [0.717, 1.165) is 30.9 Å². The van der Waals surface area contributed by atoms with E-state index in [0.29, 0.717) is 12.1 Å². The molecule has 1 aliphatic rings. The Hall–Kier alpha value is -3.02. The van der Waals surface area contributed by atoms with Gasteiger partial charge in [0.05, 0.1) is 5.56 Å². The number of likely N-dealkylation sites (tertiary alicyclic amines) is 1. The Morgan fingerprint density at radius 1 is 1.12 bits per heavy atom. The van der Waals surface area contributed by atoms with Gasteiger partial charge in [0.15, 0.2) is 0 Å². The van der Waals surface area contributed by atoms with E-state index in [-0.39, 0.29) is 11.8 Å². The largest absolute Gasteiger partial charge is 0.338 e. The van der Waals surface area contributed by atoms with Crippen molar-refractivity contribution in [1.29, 1.82) is 0 Å². The summed E-state index contributed by atoms with van der Waals surface area (Å²) in [6, 6.07) is 9.64. The van der Waals surface area contributed by atoms with Crippen molar-refractivity contribution in [3.63, 3.8) is 0 Å². The van der Waals surface area contributed by atoms with Crippen LogP contribution in [0.15, 0.2) is 61.4 Å². The Bertz CT molecular complexity index is 847. The molecule has 0 saturated carbocycles. The molecule has 6 heteroatoms. The number of rotatable bonds is 3. The minimum Gasteiger partial charge on any atom is -0.338 e. The number of piperidine rings is 1. The highest BCUT2D eigenvalue weighted by Crippen LogP contribution is 2.27. The Labute approximate surface area is 146 Å². The van der Waals surface area contributed by atoms with Gasteiger partial charge < -0.3 is 4.90 Å². The average Bonchev–Trinajstić information content (AvgIpc) is 3.23. The van der Waals surface area contributed by atoms with Gasteiger partial charge in [-0.1, -0.05) is 6.07 Å². The molecule has 3 aromatic heterocycles. The SMILES string of the molecule is O=C(c1cccnc1)N1CCC[C@H](c2cccc(-n3ccnc3)n2)C1. The summed E-state index contributed by atoms with van der Waals surface area (Å²) in [7, 11) is 0. The van der Waals surface area contributed by atoms with E-state index in [2.05, 4.69) is 9.97 Å². The molecule has 4 rings (SSSR count). The fourth-order valence-electron chi connectivity index (χ4n) is 3.28. The normalized spacial score (nSPS) is 17.4. The average molecular weight is 333 g/mol. The Morgan fingerprint density at radius 3 is 2.88 bits per heavy atom. The van der Waals surface area contributed by atoms with E-state index in [1.54, 1.807) is 31.0 Å². The van der Waals surface area contributed by atoms with Crippen molar-refractivity contribution in [3.05, 3.63) is 72.7 Å². The summed E-state index contributed by atoms with van der Waals surface area (Å²) in [4.78, 5) is 27.5. The van der Waals surface area contributed by atoms with Crippen LogP contribution < -0.4 is 0 Å². The van der Waals surface area contributed by atoms with Crippen molar-refractivity contribution in [1.82, 2.24) is 24.4 Å². The first-order valence-corrected chi connectivity index (χ1v) is 8.46. The molecule has 0 radical (unpaired) electrons. The summed E-state index contributed by atoms with van der Waals surface area (Å²) in [5.74, 6) is 1.15. The lowest BCUT2D eigenvalue weighted by atomic mass is 9.94. The first kappa shape index (κ1) is 15.5. The zero-order valence-corrected chi connectivity index (χ0v) is 13.8. The van der Waals surface area contributed by atoms with Crippen LogP contribution in [0.1, 0.15) is 34.8 Å². The topological polar surface area (TPSA) is 63.9 Å². The van der Waals surface area contributed by atoms with Gasteiger partial charge in [0, 0.05) is 49.5 Å². The molecule has 4 heterocycles. The predicted octanol–water partition coefficient (Wildman–Crippen LogP) is 2.68. The second kappa shape index (κ2) is 6.84. The van der Waals surface area contributed by atoms with Crippen LogP contribution in [0, 0.1) is 0 Å². The van der Waals surface area contributed by atoms with Crippen molar-refractivity contribution in [2.45, 2.75) is 18.8 Å². The lowest BCUT2D eigenvalue weighted by molar-refractivity contribution is 0.0705. The van der Waals surface area contributed by atoms with E-state index >= 15 is 0 Å². The number of carbonyl (C=O) groups excluding carboxylic acids is 1. The first-order chi connectivity index (χ1) is 12.3. The number of amides is 1. The number of pyridine rings is 2. The molecule has 0 bridgehead atoms. The summed E-state index contributed by atoms with van der Waals surface area (Å²) >= 11 is 0. The molecular weight excluding hydrogens is 314 g/mol. The zero-order valence-electron chi connectivity index (χ0n) is 13.8. The molecule has 6 nitrogen and oxygen atoms in total. The van der Waals surface area contributed by atoms with Crippen LogP contribution in [0.2, 0.25) is 0 Å². The number of aromatic nitrogens is 4. The van der Waals surface area contributed by atoms with Crippen molar-refractivity contribution in [2.75, 3.05) is 13.1 Å². The molecule has 0 aliphatic carbocycles. The lowest BCUT2D eigenvalue weighted by Gasteiger charge is -2.32. The fourth-order valence-corrected chi connectivity index (χ4v) is 3.28. The molecule has 25 heavy (non-hydrogen) atoms. The van der Waals surface area contributed by atoms with E-state index in [4.69, 9.17) is 4.98 Å². The molecule has 3 aromatic rings. The third-order valence-electron chi connectivity index (χ3n) is 4.56. The quantitative estimate of drug-likeness (QED) is 0.739. The Balaban J connectivity index is 1.54. The fraction of sp³-hybridized carbons (Fsp3) is 0.263. The smallest absolute Gasteiger partial charge is 0.255 e. The molecule has 1 amide bonds. The molecular formula is C19H19N5O. The highest BCUT2D eigenvalue weighted by Gasteiger charge is 2.26. The molecule has 0 N–H and O–H groups in total. The summed E-state index contributed by atoms with van der Waals surface area (Å²) in [5.41, 5.74) is 1.66. The van der Waals surface area contributed by atoms with Gasteiger partial charge in [-0.25, -0.2) is 9.97 Å². The standard InChI is InChI=1S/C19H19N5O/c25-19(15-4-2-8-20-12-15)23-10-3-5-16(13-23)17-6-1-7-18(22-17)24-11-9-21-14-24/h1-2,4,6-9,11-12,14,16H,3,5,10,13H2/t16-/m0/s1. The molecule has 0 spiro atoms. The number of nitrogens with zero attached hydrogens (tertiary/aromatic N) is 5. The van der Waals surface area contributed by atoms with Gasteiger partial charge in [0.1, 0.15) is 12.1 Å². The summed E-state index contributed by atoms with van der Waals surface area (Å²) in [6.45, 7) is 1.47. The summed E-state index contributed by atoms with van der Waals surface area (Å²) in [5, 5.41) is 0. The number of imidazole rings is 1. The summed E-state index contributed by atoms with van der Waals surface area (Å²) in [6.07, 6.45) is 10.7. The highest BCUT2D eigenvalue weighted by molar-refractivity contribution is 5.94. The molecule has 1 atom stereocenters. The van der Waals surface area contributed by atoms with E-state index < -0.39 is 0 Å². The maximum Gasteiger partial charge on any atom is 0.255 e. The van der Waals surface area contributed by atoms with Gasteiger partial charge in [-0.15, -0.1) is 0 Å². The van der Waals surface area contributed by atoms with Crippen LogP contribution in [-0.2, 0) is 0 Å². The van der Waals surface area contributed by atoms with Crippen molar-refractivity contribution in [3.8, 4) is 5.82 Å². The molecule has 0 aromatic carbocycles. The van der Waals surface area contributed by atoms with Crippen molar-refractivity contribution < 1.29 is 4.79 Å². The second-order valence-corrected chi connectivity index (χ2v) is 6.22. The Kier molecular flexibility index (Phi) is 4.24. The second-order valence-electron chi connectivity index (χ2n) is 6.22. The zero-order chi connectivity index (χ0) is 17.1. The Morgan fingerprint density at radius 2 is 2.08 bits per heavy atom. The first-order valence-electron chi connectivity index (χ1n) is 8.46. The van der Waals surface area contributed by atoms with Gasteiger partial charge in [0.2, 0.25) is 0 Å². The molecule has 1 aliphatic heterocycles. The van der Waals surface area contributed by atoms with Crippen LogP contribution in [-0.4, -0.2) is 43.4 Å². The van der Waals surface area contributed by atoms with Gasteiger partial charge in [-0.3, -0.25) is 14.3 Å². The molecule has 126 valence electrons. The van der Waals surface area contributed by atoms with Gasteiger partial charge in [-0.05, 0) is 37.1 Å². The van der Waals surface area contributed by atoms with Crippen LogP contribution in [0.4, 0.5) is 0 Å². The monoisotopic (exact) mass is 333 g/mol. The van der Waals surface area contributed by atoms with Crippen molar-refractivity contribution >= 4 is 5.91 Å². The number of hydrogen-bond acceptors (Lipinski definition) is 4. The van der Waals surface area contributed by atoms with Crippen LogP contribution in [0.3, 0.4) is 0 Å². The maximum absolute atomic E-state index is 12.7. The van der Waals surface area contributed by atoms with E-state index in [1.165, 1.54) is 0 Å². The van der Waals surface area contributed by atoms with E-state index in [1.807, 2.05) is 39.9 Å². The van der Waals surface area contributed by atoms with Gasteiger partial charge in [0.25, 0.3) is 5.91 Å². The maximum atomic E-state index is 12.7. The molecule has 1 saturated heterocycles. The van der Waals surface area contributed by atoms with Gasteiger partial charge in [-0.2, -0.15) is 0 Å². The minimum atomic E-state index is 0.0450. The van der Waals surface area contributed by atoms with Crippen LogP contribution in [0.25, 0.3) is 5.82 Å². The highest BCUT2D eigenvalue weighted by atomic mass is 16.2. The number of carbonyl (C=O) groups is 1. The lowest BCUT2D eigenvalue weighted by Crippen LogP contribution is -2.39. The van der Waals surface area contributed by atoms with Gasteiger partial charge >= 0.3 is 0 Å². The van der Waals surface area contributed by atoms with Crippen LogP contribution in [0.5, 0.6) is 0 Å². The molecule has 0 unspecified atom stereocenters. The predicted molar refractivity (Wildman–Crippen MR) is 93.5 cm³/mol. The summed E-state index contributed by atoms with van der Waals surface area (Å²) < 4.78 is 1.89. The third-order valence-corrected chi connectivity index (χ3v) is 4.56.